The van der Waals surface area contributed by atoms with Crippen molar-refractivity contribution in [3.05, 3.63) is 41.7 Å². The van der Waals surface area contributed by atoms with Gasteiger partial charge in [0.2, 0.25) is 0 Å². The fourth-order valence-corrected chi connectivity index (χ4v) is 5.23. The fourth-order valence-electron chi connectivity index (χ4n) is 3.44. The van der Waals surface area contributed by atoms with Crippen molar-refractivity contribution in [3.63, 3.8) is 0 Å². The Morgan fingerprint density at radius 3 is 2.57 bits per heavy atom. The molecule has 0 fully saturated rings. The standard InChI is InChI=1S/C20H27N5O4S/c1-5-23(6-2)9-10-24-13-16(12-21-24)22-19(26)15-7-8-17-18(11-15)30(28,29)25(14(3)4)20(17)27/h7-8,11-14H,5-6,9-10H2,1-4H3,(H,22,26). The predicted molar refractivity (Wildman–Crippen MR) is 113 cm³/mol. The number of carbonyl (C=O) groups excluding carboxylic acids is 2. The summed E-state index contributed by atoms with van der Waals surface area (Å²) in [6, 6.07) is 3.59. The molecule has 0 spiro atoms. The van der Waals surface area contributed by atoms with Crippen molar-refractivity contribution in [3.8, 4) is 0 Å². The number of likely N-dealkylation sites (N-methyl/N-ethyl adjacent to an activating group) is 1. The van der Waals surface area contributed by atoms with E-state index in [4.69, 9.17) is 0 Å². The van der Waals surface area contributed by atoms with Crippen LogP contribution in [0.4, 0.5) is 5.69 Å². The van der Waals surface area contributed by atoms with E-state index >= 15 is 0 Å². The molecular weight excluding hydrogens is 406 g/mol. The van der Waals surface area contributed by atoms with Gasteiger partial charge in [0.05, 0.1) is 24.0 Å². The molecule has 1 aromatic carbocycles. The maximum absolute atomic E-state index is 12.7. The summed E-state index contributed by atoms with van der Waals surface area (Å²) in [5.74, 6) is -1.03. The van der Waals surface area contributed by atoms with Gasteiger partial charge in [-0.25, -0.2) is 12.7 Å². The molecule has 0 bridgehead atoms. The highest BCUT2D eigenvalue weighted by atomic mass is 32.2. The number of benzene rings is 1. The van der Waals surface area contributed by atoms with Crippen molar-refractivity contribution < 1.29 is 18.0 Å². The minimum atomic E-state index is -3.96. The number of nitrogens with one attached hydrogen (secondary N) is 1. The molecule has 0 radical (unpaired) electrons. The number of fused-ring (bicyclic) bond motifs is 1. The molecule has 0 saturated heterocycles. The van der Waals surface area contributed by atoms with Gasteiger partial charge in [0, 0.05) is 24.3 Å². The molecule has 2 amide bonds. The van der Waals surface area contributed by atoms with E-state index in [0.717, 1.165) is 23.9 Å². The van der Waals surface area contributed by atoms with Crippen LogP contribution in [-0.2, 0) is 16.6 Å². The highest BCUT2D eigenvalue weighted by molar-refractivity contribution is 7.90. The van der Waals surface area contributed by atoms with Crippen LogP contribution in [0.3, 0.4) is 0 Å². The number of hydrogen-bond acceptors (Lipinski definition) is 6. The van der Waals surface area contributed by atoms with Gasteiger partial charge in [-0.1, -0.05) is 13.8 Å². The molecule has 0 unspecified atom stereocenters. The zero-order valence-electron chi connectivity index (χ0n) is 17.6. The van der Waals surface area contributed by atoms with Crippen molar-refractivity contribution in [2.24, 2.45) is 0 Å². The van der Waals surface area contributed by atoms with Crippen LogP contribution in [0.1, 0.15) is 48.4 Å². The topological polar surface area (TPSA) is 105 Å². The SMILES string of the molecule is CCN(CC)CCn1cc(NC(=O)c2ccc3c(c2)S(=O)(=O)N(C(C)C)C3=O)cn1. The Kier molecular flexibility index (Phi) is 6.27. The number of aromatic nitrogens is 2. The van der Waals surface area contributed by atoms with E-state index in [-0.39, 0.29) is 16.0 Å². The van der Waals surface area contributed by atoms with Gasteiger partial charge in [-0.05, 0) is 45.1 Å². The first kappa shape index (κ1) is 22.0. The van der Waals surface area contributed by atoms with E-state index in [0.29, 0.717) is 12.2 Å². The smallest absolute Gasteiger partial charge is 0.269 e. The maximum Gasteiger partial charge on any atom is 0.269 e. The van der Waals surface area contributed by atoms with Crippen LogP contribution in [0.2, 0.25) is 0 Å². The van der Waals surface area contributed by atoms with Crippen LogP contribution >= 0.6 is 0 Å². The summed E-state index contributed by atoms with van der Waals surface area (Å²) in [5, 5.41) is 6.98. The first-order chi connectivity index (χ1) is 14.2. The second-order valence-electron chi connectivity index (χ2n) is 7.38. The molecule has 0 saturated carbocycles. The Morgan fingerprint density at radius 2 is 1.93 bits per heavy atom. The Hall–Kier alpha value is -2.72. The van der Waals surface area contributed by atoms with Crippen LogP contribution < -0.4 is 5.32 Å². The number of amides is 2. The number of hydrogen-bond donors (Lipinski definition) is 1. The third-order valence-electron chi connectivity index (χ3n) is 5.11. The van der Waals surface area contributed by atoms with Gasteiger partial charge in [-0.15, -0.1) is 0 Å². The number of nitrogens with zero attached hydrogens (tertiary/aromatic N) is 4. The van der Waals surface area contributed by atoms with Crippen molar-refractivity contribution in [2.45, 2.75) is 45.2 Å². The summed E-state index contributed by atoms with van der Waals surface area (Å²) in [6.45, 7) is 10.9. The van der Waals surface area contributed by atoms with Crippen LogP contribution in [0.15, 0.2) is 35.5 Å². The maximum atomic E-state index is 12.7. The van der Waals surface area contributed by atoms with Crippen LogP contribution in [-0.4, -0.2) is 64.9 Å². The summed E-state index contributed by atoms with van der Waals surface area (Å²) < 4.78 is 28.0. The fraction of sp³-hybridized carbons (Fsp3) is 0.450. The third-order valence-corrected chi connectivity index (χ3v) is 7.11. The summed E-state index contributed by atoms with van der Waals surface area (Å²) in [7, 11) is -3.96. The quantitative estimate of drug-likeness (QED) is 0.683. The molecule has 1 aliphatic heterocycles. The van der Waals surface area contributed by atoms with Crippen molar-refractivity contribution >= 4 is 27.5 Å². The van der Waals surface area contributed by atoms with Gasteiger partial charge in [-0.2, -0.15) is 5.10 Å². The molecular formula is C20H27N5O4S. The monoisotopic (exact) mass is 433 g/mol. The molecule has 1 N–H and O–H groups in total. The van der Waals surface area contributed by atoms with Gasteiger partial charge < -0.3 is 10.2 Å². The van der Waals surface area contributed by atoms with Crippen molar-refractivity contribution in [1.82, 2.24) is 19.0 Å². The van der Waals surface area contributed by atoms with Gasteiger partial charge in [-0.3, -0.25) is 14.3 Å². The largest absolute Gasteiger partial charge is 0.319 e. The van der Waals surface area contributed by atoms with E-state index in [1.165, 1.54) is 18.2 Å². The van der Waals surface area contributed by atoms with E-state index in [2.05, 4.69) is 29.2 Å². The second-order valence-corrected chi connectivity index (χ2v) is 9.17. The van der Waals surface area contributed by atoms with E-state index in [1.54, 1.807) is 30.9 Å². The Balaban J connectivity index is 1.74. The summed E-state index contributed by atoms with van der Waals surface area (Å²) in [5.41, 5.74) is 0.763. The molecule has 1 aromatic heterocycles. The highest BCUT2D eigenvalue weighted by Gasteiger charge is 2.42. The number of rotatable bonds is 8. The number of anilines is 1. The number of sulfonamides is 1. The Morgan fingerprint density at radius 1 is 1.23 bits per heavy atom. The van der Waals surface area contributed by atoms with Crippen LogP contribution in [0.5, 0.6) is 0 Å². The van der Waals surface area contributed by atoms with Crippen molar-refractivity contribution in [2.75, 3.05) is 25.0 Å². The lowest BCUT2D eigenvalue weighted by molar-refractivity contribution is 0.0846. The summed E-state index contributed by atoms with van der Waals surface area (Å²) in [6.07, 6.45) is 3.28. The average molecular weight is 434 g/mol. The summed E-state index contributed by atoms with van der Waals surface area (Å²) in [4.78, 5) is 27.2. The minimum Gasteiger partial charge on any atom is -0.319 e. The lowest BCUT2D eigenvalue weighted by Crippen LogP contribution is -2.36. The molecule has 0 atom stereocenters. The van der Waals surface area contributed by atoms with Gasteiger partial charge in [0.15, 0.2) is 0 Å². The van der Waals surface area contributed by atoms with Gasteiger partial charge in [0.1, 0.15) is 4.90 Å². The molecule has 2 heterocycles. The molecule has 9 nitrogen and oxygen atoms in total. The van der Waals surface area contributed by atoms with E-state index in [1.807, 2.05) is 0 Å². The highest BCUT2D eigenvalue weighted by Crippen LogP contribution is 2.32. The average Bonchev–Trinajstić information content (AvgIpc) is 3.22. The molecule has 0 aliphatic carbocycles. The zero-order chi connectivity index (χ0) is 22.1. The van der Waals surface area contributed by atoms with E-state index in [9.17, 15) is 18.0 Å². The summed E-state index contributed by atoms with van der Waals surface area (Å²) >= 11 is 0. The second kappa shape index (κ2) is 8.57. The Labute approximate surface area is 176 Å². The molecule has 30 heavy (non-hydrogen) atoms. The normalized spacial score (nSPS) is 15.1. The number of carbonyl (C=O) groups is 2. The molecule has 1 aliphatic rings. The Bertz CT molecular complexity index is 1060. The van der Waals surface area contributed by atoms with E-state index < -0.39 is 27.9 Å². The van der Waals surface area contributed by atoms with Gasteiger partial charge >= 0.3 is 0 Å². The minimum absolute atomic E-state index is 0.0875. The lowest BCUT2D eigenvalue weighted by atomic mass is 10.1. The first-order valence-electron chi connectivity index (χ1n) is 9.98. The van der Waals surface area contributed by atoms with Crippen LogP contribution in [0.25, 0.3) is 0 Å². The first-order valence-corrected chi connectivity index (χ1v) is 11.4. The third kappa shape index (κ3) is 4.10. The molecule has 3 rings (SSSR count). The molecule has 10 heteroatoms. The van der Waals surface area contributed by atoms with Crippen molar-refractivity contribution in [1.29, 1.82) is 0 Å². The molecule has 162 valence electrons. The van der Waals surface area contributed by atoms with Gasteiger partial charge in [0.25, 0.3) is 21.8 Å². The lowest BCUT2D eigenvalue weighted by Gasteiger charge is -2.18. The predicted octanol–water partition coefficient (Wildman–Crippen LogP) is 2.03. The molecule has 2 aromatic rings. The van der Waals surface area contributed by atoms with Crippen LogP contribution in [0, 0.1) is 0 Å². The zero-order valence-corrected chi connectivity index (χ0v) is 18.4.